The Morgan fingerprint density at radius 2 is 2.14 bits per heavy atom. The summed E-state index contributed by atoms with van der Waals surface area (Å²) < 4.78 is 39.0. The fourth-order valence-corrected chi connectivity index (χ4v) is 3.31. The summed E-state index contributed by atoms with van der Waals surface area (Å²) in [5.41, 5.74) is 0.213. The van der Waals surface area contributed by atoms with Gasteiger partial charge >= 0.3 is 12.1 Å². The van der Waals surface area contributed by atoms with E-state index in [2.05, 4.69) is 0 Å². The van der Waals surface area contributed by atoms with Crippen molar-refractivity contribution in [3.8, 4) is 6.07 Å². The molecule has 0 aliphatic carbocycles. The number of carbonyl (C=O) groups is 2. The number of rotatable bonds is 2. The molecule has 0 aromatic carbocycles. The monoisotopic (exact) mass is 332 g/mol. The Bertz CT molecular complexity index is 635. The predicted molar refractivity (Wildman–Crippen MR) is 70.3 cm³/mol. The van der Waals surface area contributed by atoms with Crippen molar-refractivity contribution in [1.82, 2.24) is 4.90 Å². The van der Waals surface area contributed by atoms with Gasteiger partial charge in [-0.2, -0.15) is 18.4 Å². The summed E-state index contributed by atoms with van der Waals surface area (Å²) in [7, 11) is 0. The van der Waals surface area contributed by atoms with E-state index in [1.807, 2.05) is 6.07 Å². The Labute approximate surface area is 127 Å². The molecule has 2 rings (SSSR count). The molecule has 2 atom stereocenters. The molecule has 0 spiro atoms. The molecule has 1 N–H and O–H groups in total. The molecule has 1 amide bonds. The number of halogens is 3. The molecule has 1 saturated heterocycles. The molecule has 1 fully saturated rings. The standard InChI is InChI=1S/C13H11F3N2O3S/c14-13(15,16)8-2-1-3-18(10(8)12(20)21)11(19)9-4-7(5-17)6-22-9/h4,6,8,10H,1-3H2,(H,20,21)/t8-,10+/m1/s1. The van der Waals surface area contributed by atoms with Crippen molar-refractivity contribution in [3.63, 3.8) is 0 Å². The van der Waals surface area contributed by atoms with Gasteiger partial charge in [0.15, 0.2) is 0 Å². The lowest BCUT2D eigenvalue weighted by molar-refractivity contribution is -0.204. The highest BCUT2D eigenvalue weighted by Crippen LogP contribution is 2.38. The third kappa shape index (κ3) is 3.06. The van der Waals surface area contributed by atoms with Gasteiger partial charge in [0.2, 0.25) is 0 Å². The maximum atomic E-state index is 13.0. The molecule has 1 aliphatic heterocycles. The van der Waals surface area contributed by atoms with E-state index in [-0.39, 0.29) is 29.8 Å². The first-order chi connectivity index (χ1) is 10.3. The van der Waals surface area contributed by atoms with E-state index < -0.39 is 30.0 Å². The van der Waals surface area contributed by atoms with Gasteiger partial charge in [0, 0.05) is 11.9 Å². The topological polar surface area (TPSA) is 81.4 Å². The smallest absolute Gasteiger partial charge is 0.394 e. The summed E-state index contributed by atoms with van der Waals surface area (Å²) in [6.45, 7) is -0.0534. The first-order valence-electron chi connectivity index (χ1n) is 6.35. The van der Waals surface area contributed by atoms with Crippen LogP contribution in [0.25, 0.3) is 0 Å². The van der Waals surface area contributed by atoms with Crippen LogP contribution in [0.3, 0.4) is 0 Å². The maximum Gasteiger partial charge on any atom is 0.394 e. The van der Waals surface area contributed by atoms with Crippen molar-refractivity contribution in [1.29, 1.82) is 5.26 Å². The van der Waals surface area contributed by atoms with Gasteiger partial charge in [0.1, 0.15) is 12.1 Å². The first kappa shape index (κ1) is 16.3. The molecule has 1 aromatic heterocycles. The van der Waals surface area contributed by atoms with E-state index in [0.29, 0.717) is 0 Å². The molecule has 0 unspecified atom stereocenters. The number of amides is 1. The van der Waals surface area contributed by atoms with Crippen LogP contribution in [0, 0.1) is 17.2 Å². The minimum atomic E-state index is -4.69. The number of carbonyl (C=O) groups excluding carboxylic acids is 1. The molecule has 2 heterocycles. The summed E-state index contributed by atoms with van der Waals surface area (Å²) in [6.07, 6.45) is -4.93. The van der Waals surface area contributed by atoms with E-state index in [4.69, 9.17) is 10.4 Å². The van der Waals surface area contributed by atoms with Gasteiger partial charge in [-0.1, -0.05) is 0 Å². The number of alkyl halides is 3. The highest BCUT2D eigenvalue weighted by Gasteiger charge is 2.52. The van der Waals surface area contributed by atoms with Gasteiger partial charge in [0.25, 0.3) is 5.91 Å². The van der Waals surface area contributed by atoms with Gasteiger partial charge in [-0.15, -0.1) is 11.3 Å². The highest BCUT2D eigenvalue weighted by atomic mass is 32.1. The third-order valence-electron chi connectivity index (χ3n) is 3.50. The summed E-state index contributed by atoms with van der Waals surface area (Å²) in [5.74, 6) is -4.54. The zero-order valence-corrected chi connectivity index (χ0v) is 11.9. The largest absolute Gasteiger partial charge is 0.480 e. The minimum Gasteiger partial charge on any atom is -0.480 e. The summed E-state index contributed by atoms with van der Waals surface area (Å²) >= 11 is 0.910. The van der Waals surface area contributed by atoms with Gasteiger partial charge in [-0.25, -0.2) is 4.79 Å². The number of likely N-dealkylation sites (tertiary alicyclic amines) is 1. The van der Waals surface area contributed by atoms with Gasteiger partial charge in [0.05, 0.1) is 16.4 Å². The Morgan fingerprint density at radius 3 is 2.64 bits per heavy atom. The minimum absolute atomic E-state index is 0.0534. The molecule has 1 aromatic rings. The van der Waals surface area contributed by atoms with E-state index in [0.717, 1.165) is 16.2 Å². The van der Waals surface area contributed by atoms with Crippen LogP contribution in [-0.2, 0) is 4.79 Å². The van der Waals surface area contributed by atoms with Crippen molar-refractivity contribution in [2.24, 2.45) is 5.92 Å². The van der Waals surface area contributed by atoms with Crippen LogP contribution in [0.15, 0.2) is 11.4 Å². The van der Waals surface area contributed by atoms with E-state index in [9.17, 15) is 22.8 Å². The second-order valence-corrected chi connectivity index (χ2v) is 5.79. The number of nitrogens with zero attached hydrogens (tertiary/aromatic N) is 2. The van der Waals surface area contributed by atoms with Crippen LogP contribution in [0.4, 0.5) is 13.2 Å². The zero-order chi connectivity index (χ0) is 16.5. The number of nitriles is 1. The Kier molecular flexibility index (Phi) is 4.42. The molecular formula is C13H11F3N2O3S. The van der Waals surface area contributed by atoms with Crippen LogP contribution < -0.4 is 0 Å². The fourth-order valence-electron chi connectivity index (χ4n) is 2.52. The molecular weight excluding hydrogens is 321 g/mol. The number of aliphatic carboxylic acids is 1. The fraction of sp³-hybridized carbons (Fsp3) is 0.462. The van der Waals surface area contributed by atoms with Crippen molar-refractivity contribution in [2.75, 3.05) is 6.54 Å². The number of piperidine rings is 1. The lowest BCUT2D eigenvalue weighted by Crippen LogP contribution is -2.56. The summed E-state index contributed by atoms with van der Waals surface area (Å²) in [5, 5.41) is 19.3. The lowest BCUT2D eigenvalue weighted by Gasteiger charge is -2.39. The second-order valence-electron chi connectivity index (χ2n) is 4.88. The average molecular weight is 332 g/mol. The molecule has 0 radical (unpaired) electrons. The molecule has 5 nitrogen and oxygen atoms in total. The molecule has 1 aliphatic rings. The van der Waals surface area contributed by atoms with Crippen LogP contribution in [-0.4, -0.2) is 40.6 Å². The SMILES string of the molecule is N#Cc1csc(C(=O)N2CCC[C@@H](C(F)(F)F)[C@H]2C(=O)O)c1. The second kappa shape index (κ2) is 5.96. The van der Waals surface area contributed by atoms with Crippen LogP contribution in [0.5, 0.6) is 0 Å². The normalized spacial score (nSPS) is 22.2. The van der Waals surface area contributed by atoms with Crippen LogP contribution >= 0.6 is 11.3 Å². The lowest BCUT2D eigenvalue weighted by atomic mass is 9.88. The quantitative estimate of drug-likeness (QED) is 0.902. The third-order valence-corrected chi connectivity index (χ3v) is 4.42. The average Bonchev–Trinajstić information content (AvgIpc) is 2.93. The zero-order valence-electron chi connectivity index (χ0n) is 11.1. The Morgan fingerprint density at radius 1 is 1.45 bits per heavy atom. The van der Waals surface area contributed by atoms with E-state index in [1.165, 1.54) is 11.4 Å². The van der Waals surface area contributed by atoms with Gasteiger partial charge in [-0.05, 0) is 18.9 Å². The van der Waals surface area contributed by atoms with Crippen LogP contribution in [0.2, 0.25) is 0 Å². The van der Waals surface area contributed by atoms with E-state index in [1.54, 1.807) is 0 Å². The number of carboxylic acids is 1. The summed E-state index contributed by atoms with van der Waals surface area (Å²) in [6, 6.07) is 1.13. The van der Waals surface area contributed by atoms with Crippen molar-refractivity contribution < 1.29 is 27.9 Å². The first-order valence-corrected chi connectivity index (χ1v) is 7.22. The van der Waals surface area contributed by atoms with Crippen molar-refractivity contribution in [3.05, 3.63) is 21.9 Å². The van der Waals surface area contributed by atoms with Gasteiger partial charge in [-0.3, -0.25) is 4.79 Å². The number of hydrogen-bond acceptors (Lipinski definition) is 4. The van der Waals surface area contributed by atoms with Crippen molar-refractivity contribution >= 4 is 23.2 Å². The van der Waals surface area contributed by atoms with E-state index >= 15 is 0 Å². The Hall–Kier alpha value is -2.08. The molecule has 9 heteroatoms. The Balaban J connectivity index is 2.33. The predicted octanol–water partition coefficient (Wildman–Crippen LogP) is 2.49. The number of carboxylic acid groups (broad SMARTS) is 1. The highest BCUT2D eigenvalue weighted by molar-refractivity contribution is 7.12. The summed E-state index contributed by atoms with van der Waals surface area (Å²) in [4.78, 5) is 24.4. The van der Waals surface area contributed by atoms with Gasteiger partial charge < -0.3 is 10.0 Å². The number of thiophene rings is 1. The number of hydrogen-bond donors (Lipinski definition) is 1. The molecule has 118 valence electrons. The molecule has 22 heavy (non-hydrogen) atoms. The van der Waals surface area contributed by atoms with Crippen molar-refractivity contribution in [2.45, 2.75) is 25.1 Å². The molecule has 0 bridgehead atoms. The maximum absolute atomic E-state index is 13.0. The van der Waals surface area contributed by atoms with Crippen LogP contribution in [0.1, 0.15) is 28.1 Å². The molecule has 0 saturated carbocycles.